The van der Waals surface area contributed by atoms with Gasteiger partial charge in [-0.2, -0.15) is 0 Å². The van der Waals surface area contributed by atoms with Crippen molar-refractivity contribution in [1.82, 2.24) is 0 Å². The first-order valence-electron chi connectivity index (χ1n) is 18.9. The van der Waals surface area contributed by atoms with Crippen LogP contribution in [0.25, 0.3) is 0 Å². The Hall–Kier alpha value is -0.430. The second-order valence-corrected chi connectivity index (χ2v) is 13.4. The van der Waals surface area contributed by atoms with Crippen molar-refractivity contribution < 1.29 is 89.9 Å². The minimum atomic E-state index is -4.14. The zero-order valence-electron chi connectivity index (χ0n) is 32.2. The van der Waals surface area contributed by atoms with E-state index in [9.17, 15) is 13.0 Å². The third kappa shape index (κ3) is 39.3. The standard InChI is InChI=1S/C37H68O13S.Na/c1-2-3-4-5-6-7-8-11-36-12-14-37(15-13-36)50-34-33-49-32-31-48-30-29-47-28-27-46-26-25-45-24-23-44-22-21-43-20-19-42-18-17-41-16-9-10-35-51(38,39)40;/h12-15H,2-11,16-35H2,1H3,(H,38,39,40);/q;+1/p-1. The maximum Gasteiger partial charge on any atom is 1.00 e. The molecule has 0 aliphatic heterocycles. The van der Waals surface area contributed by atoms with Gasteiger partial charge in [0.15, 0.2) is 0 Å². The minimum absolute atomic E-state index is 0. The van der Waals surface area contributed by atoms with Gasteiger partial charge in [-0.3, -0.25) is 0 Å². The molecule has 0 saturated heterocycles. The SMILES string of the molecule is CCCCCCCCCc1ccc(OCCOCCOCCOCCOCCOCCOCCOCCOCCOCCCCS(=O)(=O)[O-])cc1.[Na+]. The predicted molar refractivity (Wildman–Crippen MR) is 195 cm³/mol. The molecule has 0 unspecified atom stereocenters. The molecule has 0 aliphatic rings. The van der Waals surface area contributed by atoms with Crippen molar-refractivity contribution in [3.05, 3.63) is 29.8 Å². The van der Waals surface area contributed by atoms with Crippen molar-refractivity contribution in [3.63, 3.8) is 0 Å². The van der Waals surface area contributed by atoms with Crippen LogP contribution in [0, 0.1) is 0 Å². The molecule has 0 saturated carbocycles. The van der Waals surface area contributed by atoms with Gasteiger partial charge in [-0.25, -0.2) is 8.42 Å². The molecule has 1 aromatic rings. The topological polar surface area (TPSA) is 150 Å². The zero-order valence-corrected chi connectivity index (χ0v) is 35.1. The number of ether oxygens (including phenoxy) is 10. The molecule has 0 fully saturated rings. The van der Waals surface area contributed by atoms with Gasteiger partial charge >= 0.3 is 29.6 Å². The molecule has 0 heterocycles. The quantitative estimate of drug-likeness (QED) is 0.0542. The summed E-state index contributed by atoms with van der Waals surface area (Å²) in [6, 6.07) is 8.42. The second-order valence-electron chi connectivity index (χ2n) is 11.8. The first-order valence-corrected chi connectivity index (χ1v) is 20.4. The summed E-state index contributed by atoms with van der Waals surface area (Å²) in [6.45, 7) is 11.4. The van der Waals surface area contributed by atoms with E-state index in [0.29, 0.717) is 138 Å². The van der Waals surface area contributed by atoms with Crippen molar-refractivity contribution >= 4 is 10.1 Å². The van der Waals surface area contributed by atoms with Gasteiger partial charge in [-0.1, -0.05) is 57.6 Å². The smallest absolute Gasteiger partial charge is 0.748 e. The Kier molecular flexibility index (Phi) is 39.9. The summed E-state index contributed by atoms with van der Waals surface area (Å²) in [5.41, 5.74) is 1.37. The van der Waals surface area contributed by atoms with E-state index in [1.54, 1.807) is 0 Å². The van der Waals surface area contributed by atoms with Gasteiger partial charge in [-0.15, -0.1) is 0 Å². The molecule has 1 aromatic carbocycles. The number of unbranched alkanes of at least 4 members (excludes halogenated alkanes) is 7. The molecule has 0 radical (unpaired) electrons. The third-order valence-electron chi connectivity index (χ3n) is 7.40. The summed E-state index contributed by atoms with van der Waals surface area (Å²) in [4.78, 5) is 0. The van der Waals surface area contributed by atoms with Gasteiger partial charge in [0.25, 0.3) is 0 Å². The van der Waals surface area contributed by atoms with Crippen molar-refractivity contribution in [2.75, 3.05) is 131 Å². The van der Waals surface area contributed by atoms with Crippen LogP contribution in [0.15, 0.2) is 24.3 Å². The average Bonchev–Trinajstić information content (AvgIpc) is 3.12. The van der Waals surface area contributed by atoms with E-state index in [2.05, 4.69) is 19.1 Å². The number of benzene rings is 1. The van der Waals surface area contributed by atoms with E-state index >= 15 is 0 Å². The molecule has 0 atom stereocenters. The van der Waals surface area contributed by atoms with Crippen molar-refractivity contribution in [1.29, 1.82) is 0 Å². The van der Waals surface area contributed by atoms with E-state index in [1.807, 2.05) is 12.1 Å². The number of aryl methyl sites for hydroxylation is 1. The fourth-order valence-corrected chi connectivity index (χ4v) is 5.16. The zero-order chi connectivity index (χ0) is 36.8. The van der Waals surface area contributed by atoms with Crippen LogP contribution in [0.4, 0.5) is 0 Å². The van der Waals surface area contributed by atoms with Crippen LogP contribution in [0.3, 0.4) is 0 Å². The van der Waals surface area contributed by atoms with Gasteiger partial charge in [0.1, 0.15) is 12.4 Å². The number of rotatable bonds is 41. The Morgan fingerprint density at radius 2 is 0.788 bits per heavy atom. The van der Waals surface area contributed by atoms with Crippen LogP contribution in [0.1, 0.15) is 70.3 Å². The van der Waals surface area contributed by atoms with E-state index in [0.717, 1.165) is 12.2 Å². The Bertz CT molecular complexity index is 957. The number of hydrogen-bond donors (Lipinski definition) is 0. The van der Waals surface area contributed by atoms with Crippen LogP contribution in [0.2, 0.25) is 0 Å². The van der Waals surface area contributed by atoms with E-state index in [-0.39, 0.29) is 35.3 Å². The van der Waals surface area contributed by atoms with Gasteiger partial charge < -0.3 is 51.9 Å². The second kappa shape index (κ2) is 40.2. The molecule has 0 spiro atoms. The molecule has 1 rings (SSSR count). The fourth-order valence-electron chi connectivity index (χ4n) is 4.60. The molecule has 13 nitrogen and oxygen atoms in total. The summed E-state index contributed by atoms with van der Waals surface area (Å²) in [5.74, 6) is 0.528. The Morgan fingerprint density at radius 1 is 0.442 bits per heavy atom. The summed E-state index contributed by atoms with van der Waals surface area (Å²) in [5, 5.41) is 0. The molecule has 300 valence electrons. The molecule has 15 heteroatoms. The maximum absolute atomic E-state index is 10.5. The van der Waals surface area contributed by atoms with Crippen molar-refractivity contribution in [2.45, 2.75) is 71.1 Å². The average molecular weight is 775 g/mol. The first-order chi connectivity index (χ1) is 25.0. The molecule has 0 aromatic heterocycles. The molecule has 0 aliphatic carbocycles. The Balaban J connectivity index is 0.0000260. The Morgan fingerprint density at radius 3 is 1.17 bits per heavy atom. The number of hydrogen-bond acceptors (Lipinski definition) is 13. The normalized spacial score (nSPS) is 11.6. The minimum Gasteiger partial charge on any atom is -0.748 e. The summed E-state index contributed by atoms with van der Waals surface area (Å²) in [7, 11) is -4.14. The molecule has 0 N–H and O–H groups in total. The fraction of sp³-hybridized carbons (Fsp3) is 0.838. The molecule has 52 heavy (non-hydrogen) atoms. The first kappa shape index (κ1) is 51.6. The summed E-state index contributed by atoms with van der Waals surface area (Å²) < 4.78 is 86.4. The summed E-state index contributed by atoms with van der Waals surface area (Å²) in [6.07, 6.45) is 11.3. The van der Waals surface area contributed by atoms with Crippen molar-refractivity contribution in [2.24, 2.45) is 0 Å². The van der Waals surface area contributed by atoms with Crippen LogP contribution >= 0.6 is 0 Å². The third-order valence-corrected chi connectivity index (χ3v) is 8.19. The van der Waals surface area contributed by atoms with Gasteiger partial charge in [-0.05, 0) is 43.4 Å². The van der Waals surface area contributed by atoms with E-state index < -0.39 is 10.1 Å². The molecular weight excluding hydrogens is 707 g/mol. The van der Waals surface area contributed by atoms with E-state index in [1.165, 1.54) is 50.5 Å². The van der Waals surface area contributed by atoms with Gasteiger partial charge in [0.05, 0.1) is 122 Å². The van der Waals surface area contributed by atoms with Gasteiger partial charge in [0.2, 0.25) is 0 Å². The monoisotopic (exact) mass is 774 g/mol. The van der Waals surface area contributed by atoms with Crippen LogP contribution in [-0.2, 0) is 59.2 Å². The summed E-state index contributed by atoms with van der Waals surface area (Å²) >= 11 is 0. The molecule has 0 amide bonds. The predicted octanol–water partition coefficient (Wildman–Crippen LogP) is 1.84. The largest absolute Gasteiger partial charge is 1.00 e. The van der Waals surface area contributed by atoms with E-state index in [4.69, 9.17) is 47.4 Å². The van der Waals surface area contributed by atoms with Gasteiger partial charge in [0, 0.05) is 12.4 Å². The molecule has 0 bridgehead atoms. The Labute approximate surface area is 336 Å². The van der Waals surface area contributed by atoms with Crippen LogP contribution < -0.4 is 34.3 Å². The maximum atomic E-state index is 10.5. The van der Waals surface area contributed by atoms with Crippen molar-refractivity contribution in [3.8, 4) is 5.75 Å². The molecular formula is C37H67NaO13S. The van der Waals surface area contributed by atoms with Crippen LogP contribution in [0.5, 0.6) is 5.75 Å². The van der Waals surface area contributed by atoms with Crippen LogP contribution in [-0.4, -0.2) is 144 Å².